The average Bonchev–Trinajstić information content (AvgIpc) is 3.15. The van der Waals surface area contributed by atoms with Crippen molar-refractivity contribution in [2.24, 2.45) is 5.92 Å². The second-order valence-corrected chi connectivity index (χ2v) is 7.45. The highest BCUT2D eigenvalue weighted by Gasteiger charge is 2.31. The van der Waals surface area contributed by atoms with E-state index in [-0.39, 0.29) is 24.1 Å². The predicted molar refractivity (Wildman–Crippen MR) is 95.6 cm³/mol. The summed E-state index contributed by atoms with van der Waals surface area (Å²) in [4.78, 5) is 18.7. The van der Waals surface area contributed by atoms with Crippen molar-refractivity contribution < 1.29 is 18.4 Å². The Bertz CT molecular complexity index is 790. The van der Waals surface area contributed by atoms with Crippen LogP contribution >= 0.6 is 0 Å². The third-order valence-electron chi connectivity index (χ3n) is 5.14. The molecule has 2 aliphatic rings. The van der Waals surface area contributed by atoms with Crippen LogP contribution in [0.5, 0.6) is 0 Å². The third-order valence-corrected chi connectivity index (χ3v) is 5.14. The summed E-state index contributed by atoms with van der Waals surface area (Å²) in [5.41, 5.74) is 0.690. The minimum atomic E-state index is -0.320. The molecule has 1 unspecified atom stereocenters. The Labute approximate surface area is 157 Å². The van der Waals surface area contributed by atoms with Gasteiger partial charge >= 0.3 is 0 Å². The van der Waals surface area contributed by atoms with Gasteiger partial charge in [0.2, 0.25) is 11.8 Å². The molecule has 0 radical (unpaired) electrons. The molecule has 144 valence electrons. The van der Waals surface area contributed by atoms with Gasteiger partial charge in [-0.25, -0.2) is 4.39 Å². The van der Waals surface area contributed by atoms with E-state index in [0.29, 0.717) is 43.4 Å². The van der Waals surface area contributed by atoms with E-state index in [1.165, 1.54) is 25.0 Å². The number of likely N-dealkylation sites (tertiary alicyclic amines) is 1. The minimum absolute atomic E-state index is 0.00341. The minimum Gasteiger partial charge on any atom is -0.381 e. The second-order valence-electron chi connectivity index (χ2n) is 7.45. The largest absolute Gasteiger partial charge is 0.381 e. The van der Waals surface area contributed by atoms with Crippen LogP contribution in [0.2, 0.25) is 0 Å². The van der Waals surface area contributed by atoms with Crippen LogP contribution < -0.4 is 0 Å². The van der Waals surface area contributed by atoms with E-state index in [1.807, 2.05) is 0 Å². The number of ether oxygens (including phenoxy) is 1. The standard InChI is InChI=1S/C20H24FN3O3/c21-17-3-1-2-15(10-17)11-19(25)24-8-6-16(12-24)20-22-18(23-27-20)7-9-26-13-14-4-5-14/h1-3,10,14,16H,4-9,11-13H2. The summed E-state index contributed by atoms with van der Waals surface area (Å²) in [7, 11) is 0. The molecule has 1 saturated carbocycles. The van der Waals surface area contributed by atoms with Gasteiger partial charge in [-0.15, -0.1) is 0 Å². The Hall–Kier alpha value is -2.28. The number of carbonyl (C=O) groups is 1. The Kier molecular flexibility index (Phi) is 5.48. The lowest BCUT2D eigenvalue weighted by atomic mass is 10.1. The Morgan fingerprint density at radius 2 is 2.22 bits per heavy atom. The lowest BCUT2D eigenvalue weighted by Crippen LogP contribution is -2.29. The predicted octanol–water partition coefficient (Wildman–Crippen LogP) is 2.74. The van der Waals surface area contributed by atoms with Crippen LogP contribution in [0.25, 0.3) is 0 Å². The average molecular weight is 373 g/mol. The van der Waals surface area contributed by atoms with Gasteiger partial charge in [0.05, 0.1) is 18.9 Å². The normalized spacial score (nSPS) is 19.6. The van der Waals surface area contributed by atoms with Crippen LogP contribution in [0.3, 0.4) is 0 Å². The molecule has 1 aliphatic carbocycles. The van der Waals surface area contributed by atoms with Gasteiger partial charge in [0.25, 0.3) is 0 Å². The zero-order valence-corrected chi connectivity index (χ0v) is 15.3. The Morgan fingerprint density at radius 3 is 3.04 bits per heavy atom. The van der Waals surface area contributed by atoms with Crippen LogP contribution in [0.4, 0.5) is 4.39 Å². The lowest BCUT2D eigenvalue weighted by Gasteiger charge is -2.15. The number of nitrogens with zero attached hydrogens (tertiary/aromatic N) is 3. The molecule has 1 saturated heterocycles. The van der Waals surface area contributed by atoms with Gasteiger partial charge in [-0.05, 0) is 42.9 Å². The highest BCUT2D eigenvalue weighted by Crippen LogP contribution is 2.29. The molecule has 1 aliphatic heterocycles. The molecule has 1 aromatic carbocycles. The molecule has 4 rings (SSSR count). The first-order chi connectivity index (χ1) is 13.2. The van der Waals surface area contributed by atoms with Gasteiger partial charge in [0.1, 0.15) is 5.82 Å². The van der Waals surface area contributed by atoms with Crippen molar-refractivity contribution in [2.75, 3.05) is 26.3 Å². The summed E-state index contributed by atoms with van der Waals surface area (Å²) < 4.78 is 24.3. The van der Waals surface area contributed by atoms with E-state index in [1.54, 1.807) is 17.0 Å². The van der Waals surface area contributed by atoms with E-state index < -0.39 is 0 Å². The quantitative estimate of drug-likeness (QED) is 0.666. The SMILES string of the molecule is O=C(Cc1cccc(F)c1)N1CCC(c2nc(CCOCC3CC3)no2)C1. The maximum absolute atomic E-state index is 13.3. The summed E-state index contributed by atoms with van der Waals surface area (Å²) in [5, 5.41) is 4.03. The molecule has 1 amide bonds. The van der Waals surface area contributed by atoms with Crippen molar-refractivity contribution in [2.45, 2.75) is 38.0 Å². The number of hydrogen-bond acceptors (Lipinski definition) is 5. The summed E-state index contributed by atoms with van der Waals surface area (Å²) in [6.45, 7) is 2.66. The van der Waals surface area contributed by atoms with Gasteiger partial charge in [-0.2, -0.15) is 4.98 Å². The summed E-state index contributed by atoms with van der Waals surface area (Å²) >= 11 is 0. The number of hydrogen-bond donors (Lipinski definition) is 0. The molecular formula is C20H24FN3O3. The number of carbonyl (C=O) groups excluding carboxylic acids is 1. The molecule has 2 heterocycles. The van der Waals surface area contributed by atoms with Crippen molar-refractivity contribution in [3.8, 4) is 0 Å². The first-order valence-electron chi connectivity index (χ1n) is 9.60. The molecule has 27 heavy (non-hydrogen) atoms. The maximum Gasteiger partial charge on any atom is 0.231 e. The van der Waals surface area contributed by atoms with Gasteiger partial charge in [-0.1, -0.05) is 17.3 Å². The van der Waals surface area contributed by atoms with Crippen LogP contribution in [-0.2, 0) is 22.4 Å². The molecule has 2 aromatic rings. The fourth-order valence-electron chi connectivity index (χ4n) is 3.35. The third kappa shape index (κ3) is 4.91. The smallest absolute Gasteiger partial charge is 0.231 e. The first kappa shape index (κ1) is 18.1. The molecule has 1 aromatic heterocycles. The van der Waals surface area contributed by atoms with Crippen LogP contribution in [-0.4, -0.2) is 47.3 Å². The van der Waals surface area contributed by atoms with Crippen molar-refractivity contribution in [3.05, 3.63) is 47.4 Å². The van der Waals surface area contributed by atoms with E-state index in [4.69, 9.17) is 9.26 Å². The molecule has 1 atom stereocenters. The molecular weight excluding hydrogens is 349 g/mol. The second kappa shape index (κ2) is 8.17. The monoisotopic (exact) mass is 373 g/mol. The summed E-state index contributed by atoms with van der Waals surface area (Å²) in [5.74, 6) is 1.74. The first-order valence-corrected chi connectivity index (χ1v) is 9.60. The van der Waals surface area contributed by atoms with Crippen LogP contribution in [0.15, 0.2) is 28.8 Å². The van der Waals surface area contributed by atoms with Crippen LogP contribution in [0, 0.1) is 11.7 Å². The Morgan fingerprint density at radius 1 is 1.33 bits per heavy atom. The van der Waals surface area contributed by atoms with Crippen molar-refractivity contribution in [1.82, 2.24) is 15.0 Å². The van der Waals surface area contributed by atoms with Gasteiger partial charge in [0.15, 0.2) is 5.82 Å². The van der Waals surface area contributed by atoms with Crippen molar-refractivity contribution >= 4 is 5.91 Å². The zero-order chi connectivity index (χ0) is 18.6. The highest BCUT2D eigenvalue weighted by molar-refractivity contribution is 5.79. The topological polar surface area (TPSA) is 68.5 Å². The number of rotatable bonds is 8. The number of halogens is 1. The van der Waals surface area contributed by atoms with Gasteiger partial charge in [0, 0.05) is 26.1 Å². The van der Waals surface area contributed by atoms with E-state index in [9.17, 15) is 9.18 Å². The van der Waals surface area contributed by atoms with Crippen LogP contribution in [0.1, 0.15) is 42.5 Å². The molecule has 0 N–H and O–H groups in total. The lowest BCUT2D eigenvalue weighted by molar-refractivity contribution is -0.129. The maximum atomic E-state index is 13.3. The summed E-state index contributed by atoms with van der Waals surface area (Å²) in [6.07, 6.45) is 4.21. The van der Waals surface area contributed by atoms with Gasteiger partial charge < -0.3 is 14.2 Å². The molecule has 7 heteroatoms. The number of benzene rings is 1. The Balaban J connectivity index is 1.25. The molecule has 2 fully saturated rings. The highest BCUT2D eigenvalue weighted by atomic mass is 19.1. The van der Waals surface area contributed by atoms with Crippen molar-refractivity contribution in [1.29, 1.82) is 0 Å². The van der Waals surface area contributed by atoms with Crippen molar-refractivity contribution in [3.63, 3.8) is 0 Å². The fraction of sp³-hybridized carbons (Fsp3) is 0.550. The van der Waals surface area contributed by atoms with E-state index >= 15 is 0 Å². The fourth-order valence-corrected chi connectivity index (χ4v) is 3.35. The molecule has 0 bridgehead atoms. The molecule has 0 spiro atoms. The molecule has 6 nitrogen and oxygen atoms in total. The number of aromatic nitrogens is 2. The van der Waals surface area contributed by atoms with E-state index in [0.717, 1.165) is 18.9 Å². The zero-order valence-electron chi connectivity index (χ0n) is 15.3. The van der Waals surface area contributed by atoms with E-state index in [2.05, 4.69) is 10.1 Å². The number of amides is 1. The van der Waals surface area contributed by atoms with Gasteiger partial charge in [-0.3, -0.25) is 4.79 Å². The summed E-state index contributed by atoms with van der Waals surface area (Å²) in [6, 6.07) is 6.17.